The number of hydrogen-bond donors (Lipinski definition) is 2. The quantitative estimate of drug-likeness (QED) is 0.816. The fourth-order valence-corrected chi connectivity index (χ4v) is 4.34. The molecule has 1 saturated heterocycles. The third-order valence-electron chi connectivity index (χ3n) is 5.76. The maximum atomic E-state index is 12.7. The van der Waals surface area contributed by atoms with Crippen molar-refractivity contribution in [2.75, 3.05) is 18.1 Å². The van der Waals surface area contributed by atoms with Crippen LogP contribution < -0.4 is 4.90 Å². The van der Waals surface area contributed by atoms with Crippen LogP contribution in [-0.2, 0) is 0 Å². The summed E-state index contributed by atoms with van der Waals surface area (Å²) in [7, 11) is 0. The second kappa shape index (κ2) is 7.12. The van der Waals surface area contributed by atoms with E-state index in [2.05, 4.69) is 20.1 Å². The number of fused-ring (bicyclic) bond motifs is 1. The number of Topliss-reactive ketones (excluding diaryl/α,β-unsaturated/α-hetero) is 1. The SMILES string of the molecule is O=C(CC1CCCCC1)c1[nH]nc2nc(N3CCC[C@H]3CO)ccc12. The van der Waals surface area contributed by atoms with Gasteiger partial charge in [-0.25, -0.2) is 4.98 Å². The highest BCUT2D eigenvalue weighted by Gasteiger charge is 2.26. The molecular formula is C19H26N4O2. The summed E-state index contributed by atoms with van der Waals surface area (Å²) in [6.07, 6.45) is 8.78. The average Bonchev–Trinajstić information content (AvgIpc) is 3.28. The van der Waals surface area contributed by atoms with E-state index in [9.17, 15) is 9.90 Å². The second-order valence-corrected chi connectivity index (χ2v) is 7.44. The molecule has 6 nitrogen and oxygen atoms in total. The van der Waals surface area contributed by atoms with E-state index in [1.54, 1.807) is 0 Å². The van der Waals surface area contributed by atoms with Crippen molar-refractivity contribution < 1.29 is 9.90 Å². The average molecular weight is 342 g/mol. The lowest BCUT2D eigenvalue weighted by atomic mass is 9.85. The van der Waals surface area contributed by atoms with Gasteiger partial charge in [-0.3, -0.25) is 9.89 Å². The molecule has 2 aromatic rings. The van der Waals surface area contributed by atoms with Gasteiger partial charge >= 0.3 is 0 Å². The predicted molar refractivity (Wildman–Crippen MR) is 96.9 cm³/mol. The molecule has 6 heteroatoms. The minimum absolute atomic E-state index is 0.135. The van der Waals surface area contributed by atoms with Crippen LogP contribution in [-0.4, -0.2) is 45.3 Å². The fourth-order valence-electron chi connectivity index (χ4n) is 4.34. The first kappa shape index (κ1) is 16.5. The lowest BCUT2D eigenvalue weighted by molar-refractivity contribution is 0.0947. The molecule has 0 amide bonds. The molecule has 0 unspecified atom stereocenters. The van der Waals surface area contributed by atoms with E-state index in [4.69, 9.17) is 0 Å². The Morgan fingerprint density at radius 2 is 2.04 bits per heavy atom. The van der Waals surface area contributed by atoms with Crippen molar-refractivity contribution in [2.24, 2.45) is 5.92 Å². The molecule has 0 spiro atoms. The molecule has 0 bridgehead atoms. The zero-order valence-electron chi connectivity index (χ0n) is 14.6. The summed E-state index contributed by atoms with van der Waals surface area (Å²) in [4.78, 5) is 19.4. The Hall–Kier alpha value is -1.95. The summed E-state index contributed by atoms with van der Waals surface area (Å²) in [5, 5.41) is 17.5. The van der Waals surface area contributed by atoms with Crippen LogP contribution in [0.4, 0.5) is 5.82 Å². The summed E-state index contributed by atoms with van der Waals surface area (Å²) in [6, 6.07) is 4.03. The van der Waals surface area contributed by atoms with Crippen LogP contribution in [0.3, 0.4) is 0 Å². The van der Waals surface area contributed by atoms with E-state index in [0.717, 1.165) is 43.4 Å². The van der Waals surface area contributed by atoms with Gasteiger partial charge in [-0.1, -0.05) is 32.1 Å². The van der Waals surface area contributed by atoms with Crippen molar-refractivity contribution in [3.05, 3.63) is 17.8 Å². The molecule has 2 N–H and O–H groups in total. The number of hydrogen-bond acceptors (Lipinski definition) is 5. The first-order valence-corrected chi connectivity index (χ1v) is 9.52. The van der Waals surface area contributed by atoms with E-state index >= 15 is 0 Å². The van der Waals surface area contributed by atoms with E-state index in [1.165, 1.54) is 19.3 Å². The number of ketones is 1. The normalized spacial score (nSPS) is 22.0. The van der Waals surface area contributed by atoms with Gasteiger partial charge in [0, 0.05) is 18.4 Å². The molecule has 1 aliphatic heterocycles. The Labute approximate surface area is 147 Å². The van der Waals surface area contributed by atoms with Crippen molar-refractivity contribution in [2.45, 2.75) is 57.4 Å². The van der Waals surface area contributed by atoms with Gasteiger partial charge in [0.1, 0.15) is 11.5 Å². The Bertz CT molecular complexity index is 751. The molecule has 2 aliphatic rings. The van der Waals surface area contributed by atoms with E-state index < -0.39 is 0 Å². The monoisotopic (exact) mass is 342 g/mol. The predicted octanol–water partition coefficient (Wildman–Crippen LogP) is 3.07. The lowest BCUT2D eigenvalue weighted by Gasteiger charge is -2.23. The number of aromatic amines is 1. The van der Waals surface area contributed by atoms with Gasteiger partial charge in [0.2, 0.25) is 0 Å². The van der Waals surface area contributed by atoms with Crippen LogP contribution in [0.1, 0.15) is 61.9 Å². The van der Waals surface area contributed by atoms with Crippen molar-refractivity contribution >= 4 is 22.6 Å². The molecule has 25 heavy (non-hydrogen) atoms. The molecule has 1 atom stereocenters. The molecule has 3 heterocycles. The number of nitrogens with one attached hydrogen (secondary N) is 1. The molecule has 1 saturated carbocycles. The van der Waals surface area contributed by atoms with Crippen LogP contribution in [0.2, 0.25) is 0 Å². The first-order valence-electron chi connectivity index (χ1n) is 9.52. The number of rotatable bonds is 5. The van der Waals surface area contributed by atoms with Crippen LogP contribution in [0.25, 0.3) is 11.0 Å². The first-order chi connectivity index (χ1) is 12.3. The fraction of sp³-hybridized carbons (Fsp3) is 0.632. The summed E-state index contributed by atoms with van der Waals surface area (Å²) >= 11 is 0. The number of H-pyrrole nitrogens is 1. The number of anilines is 1. The molecule has 4 rings (SSSR count). The lowest BCUT2D eigenvalue weighted by Crippen LogP contribution is -2.32. The van der Waals surface area contributed by atoms with Crippen molar-refractivity contribution in [3.8, 4) is 0 Å². The number of aromatic nitrogens is 3. The smallest absolute Gasteiger partial charge is 0.183 e. The minimum Gasteiger partial charge on any atom is -0.394 e. The summed E-state index contributed by atoms with van der Waals surface area (Å²) < 4.78 is 0. The van der Waals surface area contributed by atoms with Crippen molar-refractivity contribution in [1.29, 1.82) is 0 Å². The van der Waals surface area contributed by atoms with Gasteiger partial charge in [-0.15, -0.1) is 0 Å². The third kappa shape index (κ3) is 3.27. The van der Waals surface area contributed by atoms with E-state index in [-0.39, 0.29) is 18.4 Å². The third-order valence-corrected chi connectivity index (χ3v) is 5.76. The zero-order valence-corrected chi connectivity index (χ0v) is 14.6. The van der Waals surface area contributed by atoms with Crippen LogP contribution in [0, 0.1) is 5.92 Å². The van der Waals surface area contributed by atoms with Gasteiger partial charge in [0.25, 0.3) is 0 Å². The Morgan fingerprint density at radius 1 is 1.20 bits per heavy atom. The highest BCUT2D eigenvalue weighted by molar-refractivity contribution is 6.05. The van der Waals surface area contributed by atoms with Crippen molar-refractivity contribution in [1.82, 2.24) is 15.2 Å². The van der Waals surface area contributed by atoms with Gasteiger partial charge in [-0.05, 0) is 30.9 Å². The summed E-state index contributed by atoms with van der Waals surface area (Å²) in [5.41, 5.74) is 1.19. The van der Waals surface area contributed by atoms with Gasteiger partial charge < -0.3 is 10.0 Å². The number of nitrogens with zero attached hydrogens (tertiary/aromatic N) is 3. The summed E-state index contributed by atoms with van der Waals surface area (Å²) in [6.45, 7) is 1.05. The second-order valence-electron chi connectivity index (χ2n) is 7.44. The van der Waals surface area contributed by atoms with Crippen molar-refractivity contribution in [3.63, 3.8) is 0 Å². The molecular weight excluding hydrogens is 316 g/mol. The number of aliphatic hydroxyl groups excluding tert-OH is 1. The Balaban J connectivity index is 1.54. The molecule has 0 aromatic carbocycles. The van der Waals surface area contributed by atoms with Gasteiger partial charge in [0.05, 0.1) is 12.6 Å². The molecule has 2 fully saturated rings. The van der Waals surface area contributed by atoms with Crippen LogP contribution in [0.15, 0.2) is 12.1 Å². The number of aliphatic hydroxyl groups is 1. The highest BCUT2D eigenvalue weighted by atomic mass is 16.3. The van der Waals surface area contributed by atoms with Crippen LogP contribution >= 0.6 is 0 Å². The number of carbonyl (C=O) groups is 1. The number of carbonyl (C=O) groups excluding carboxylic acids is 1. The highest BCUT2D eigenvalue weighted by Crippen LogP contribution is 2.29. The van der Waals surface area contributed by atoms with E-state index in [0.29, 0.717) is 23.7 Å². The molecule has 1 aliphatic carbocycles. The Morgan fingerprint density at radius 3 is 2.84 bits per heavy atom. The minimum atomic E-state index is 0.135. The maximum absolute atomic E-state index is 12.7. The Kier molecular flexibility index (Phi) is 4.70. The molecule has 0 radical (unpaired) electrons. The molecule has 134 valence electrons. The molecule has 2 aromatic heterocycles. The topological polar surface area (TPSA) is 82.1 Å². The standard InChI is InChI=1S/C19H26N4O2/c24-12-14-7-4-10-23(14)17-9-8-15-18(21-22-19(15)20-17)16(25)11-13-5-2-1-3-6-13/h8-9,13-14,24H,1-7,10-12H2,(H,20,21,22)/t14-/m0/s1. The number of pyridine rings is 1. The van der Waals surface area contributed by atoms with E-state index in [1.807, 2.05) is 12.1 Å². The maximum Gasteiger partial charge on any atom is 0.183 e. The largest absolute Gasteiger partial charge is 0.394 e. The van der Waals surface area contributed by atoms with Gasteiger partial charge in [0.15, 0.2) is 11.4 Å². The van der Waals surface area contributed by atoms with Gasteiger partial charge in [-0.2, -0.15) is 5.10 Å². The zero-order chi connectivity index (χ0) is 17.2. The summed E-state index contributed by atoms with van der Waals surface area (Å²) in [5.74, 6) is 1.50. The van der Waals surface area contributed by atoms with Crippen LogP contribution in [0.5, 0.6) is 0 Å².